The summed E-state index contributed by atoms with van der Waals surface area (Å²) in [5.41, 5.74) is 2.16. The number of carbonyl (C=O) groups excluding carboxylic acids is 1. The second kappa shape index (κ2) is 9.15. The molecular formula is C20H22N4O3S3. The van der Waals surface area contributed by atoms with Crippen molar-refractivity contribution < 1.29 is 13.2 Å². The molecule has 0 spiro atoms. The molecule has 2 aromatic carbocycles. The minimum absolute atomic E-state index is 0.0463. The van der Waals surface area contributed by atoms with E-state index in [1.165, 1.54) is 17.4 Å². The summed E-state index contributed by atoms with van der Waals surface area (Å²) >= 11 is 2.84. The van der Waals surface area contributed by atoms with E-state index in [0.717, 1.165) is 9.90 Å². The van der Waals surface area contributed by atoms with E-state index in [2.05, 4.69) is 20.2 Å². The topological polar surface area (TPSA) is 101 Å². The first-order chi connectivity index (χ1) is 14.1. The fourth-order valence-electron chi connectivity index (χ4n) is 2.63. The third kappa shape index (κ3) is 5.59. The summed E-state index contributed by atoms with van der Waals surface area (Å²) in [6, 6.07) is 11.6. The van der Waals surface area contributed by atoms with Crippen LogP contribution in [0.2, 0.25) is 0 Å². The maximum Gasteiger partial charge on any atom is 0.262 e. The van der Waals surface area contributed by atoms with E-state index in [1.54, 1.807) is 49.0 Å². The van der Waals surface area contributed by atoms with Gasteiger partial charge in [-0.1, -0.05) is 55.1 Å². The predicted molar refractivity (Wildman–Crippen MR) is 122 cm³/mol. The molecule has 30 heavy (non-hydrogen) atoms. The van der Waals surface area contributed by atoms with Gasteiger partial charge >= 0.3 is 0 Å². The number of thioether (sulfide) groups is 1. The third-order valence-electron chi connectivity index (χ3n) is 3.97. The number of hydrogen-bond donors (Lipinski definition) is 2. The zero-order valence-electron chi connectivity index (χ0n) is 17.0. The molecule has 0 radical (unpaired) electrons. The van der Waals surface area contributed by atoms with Crippen molar-refractivity contribution in [1.82, 2.24) is 10.2 Å². The first kappa shape index (κ1) is 22.3. The maximum atomic E-state index is 12.9. The van der Waals surface area contributed by atoms with Gasteiger partial charge in [0.15, 0.2) is 4.34 Å². The number of amides is 1. The summed E-state index contributed by atoms with van der Waals surface area (Å²) in [4.78, 5) is 12.7. The van der Waals surface area contributed by atoms with Gasteiger partial charge in [-0.15, -0.1) is 10.2 Å². The Morgan fingerprint density at radius 1 is 1.10 bits per heavy atom. The summed E-state index contributed by atoms with van der Waals surface area (Å²) in [5, 5.41) is 11.4. The average Bonchev–Trinajstić information content (AvgIpc) is 3.07. The Morgan fingerprint density at radius 2 is 1.87 bits per heavy atom. The molecule has 10 heteroatoms. The van der Waals surface area contributed by atoms with Gasteiger partial charge in [-0.05, 0) is 49.2 Å². The molecule has 7 nitrogen and oxygen atoms in total. The van der Waals surface area contributed by atoms with E-state index in [9.17, 15) is 13.2 Å². The molecule has 0 aliphatic heterocycles. The summed E-state index contributed by atoms with van der Waals surface area (Å²) in [5.74, 6) is -0.445. The van der Waals surface area contributed by atoms with Crippen molar-refractivity contribution in [3.05, 3.63) is 59.2 Å². The van der Waals surface area contributed by atoms with Crippen LogP contribution in [-0.2, 0) is 10.0 Å². The van der Waals surface area contributed by atoms with Crippen LogP contribution >= 0.6 is 23.1 Å². The zero-order valence-corrected chi connectivity index (χ0v) is 19.4. The lowest BCUT2D eigenvalue weighted by Gasteiger charge is -2.12. The molecule has 2 N–H and O–H groups in total. The Morgan fingerprint density at radius 3 is 2.57 bits per heavy atom. The van der Waals surface area contributed by atoms with Crippen LogP contribution < -0.4 is 10.0 Å². The molecule has 1 amide bonds. The second-order valence-corrected chi connectivity index (χ2v) is 11.4. The molecule has 3 aromatic rings. The number of carbonyl (C=O) groups is 1. The molecule has 1 heterocycles. The second-order valence-electron chi connectivity index (χ2n) is 6.95. The molecule has 158 valence electrons. The summed E-state index contributed by atoms with van der Waals surface area (Å²) in [7, 11) is -3.86. The number of nitrogens with one attached hydrogen (secondary N) is 2. The average molecular weight is 463 g/mol. The van der Waals surface area contributed by atoms with Crippen LogP contribution in [0.15, 0.2) is 51.7 Å². The van der Waals surface area contributed by atoms with Crippen LogP contribution in [0, 0.1) is 13.8 Å². The number of aromatic nitrogens is 2. The Balaban J connectivity index is 1.81. The van der Waals surface area contributed by atoms with Gasteiger partial charge in [-0.3, -0.25) is 14.8 Å². The van der Waals surface area contributed by atoms with Crippen LogP contribution in [0.4, 0.5) is 10.8 Å². The van der Waals surface area contributed by atoms with Gasteiger partial charge in [0.25, 0.3) is 15.9 Å². The van der Waals surface area contributed by atoms with Crippen LogP contribution in [0.5, 0.6) is 0 Å². The Hall–Kier alpha value is -2.43. The molecule has 0 saturated heterocycles. The van der Waals surface area contributed by atoms with Crippen molar-refractivity contribution in [2.75, 3.05) is 10.0 Å². The third-order valence-corrected chi connectivity index (χ3v) is 7.42. The number of rotatable bonds is 7. The molecule has 0 bridgehead atoms. The fourth-order valence-corrected chi connectivity index (χ4v) is 5.92. The molecular weight excluding hydrogens is 440 g/mol. The van der Waals surface area contributed by atoms with Crippen molar-refractivity contribution in [3.63, 3.8) is 0 Å². The molecule has 0 unspecified atom stereocenters. The van der Waals surface area contributed by atoms with Gasteiger partial charge in [0.1, 0.15) is 0 Å². The number of hydrogen-bond acceptors (Lipinski definition) is 7. The molecule has 0 saturated carbocycles. The predicted octanol–water partition coefficient (Wildman–Crippen LogP) is 4.71. The maximum absolute atomic E-state index is 12.9. The first-order valence-electron chi connectivity index (χ1n) is 9.16. The quantitative estimate of drug-likeness (QED) is 0.390. The van der Waals surface area contributed by atoms with Crippen molar-refractivity contribution in [3.8, 4) is 0 Å². The van der Waals surface area contributed by atoms with Gasteiger partial charge in [-0.2, -0.15) is 0 Å². The van der Waals surface area contributed by atoms with E-state index in [0.29, 0.717) is 21.6 Å². The van der Waals surface area contributed by atoms with E-state index in [4.69, 9.17) is 0 Å². The monoisotopic (exact) mass is 462 g/mol. The summed E-state index contributed by atoms with van der Waals surface area (Å²) in [6.45, 7) is 7.66. The van der Waals surface area contributed by atoms with E-state index in [1.807, 2.05) is 26.8 Å². The minimum Gasteiger partial charge on any atom is -0.296 e. The van der Waals surface area contributed by atoms with Gasteiger partial charge in [0.05, 0.1) is 4.90 Å². The highest BCUT2D eigenvalue weighted by atomic mass is 32.2. The van der Waals surface area contributed by atoms with E-state index >= 15 is 0 Å². The molecule has 0 aliphatic carbocycles. The van der Waals surface area contributed by atoms with Gasteiger partial charge < -0.3 is 0 Å². The zero-order chi connectivity index (χ0) is 21.9. The van der Waals surface area contributed by atoms with Gasteiger partial charge in [0, 0.05) is 16.5 Å². The highest BCUT2D eigenvalue weighted by Gasteiger charge is 2.20. The molecule has 0 aliphatic rings. The Kier molecular flexibility index (Phi) is 6.79. The molecule has 0 atom stereocenters. The van der Waals surface area contributed by atoms with Crippen LogP contribution in [0.3, 0.4) is 0 Å². The minimum atomic E-state index is -3.86. The fraction of sp³-hybridized carbons (Fsp3) is 0.250. The molecule has 1 aromatic heterocycles. The number of sulfonamides is 1. The molecule has 0 fully saturated rings. The first-order valence-corrected chi connectivity index (χ1v) is 12.3. The molecule has 3 rings (SSSR count). The standard InChI is InChI=1S/C20H22N4O3S3/c1-12(2)28-20-23-22-19(29-20)21-18(25)15-9-8-14(4)17(11-15)30(26,27)24-16-7-5-6-13(3)10-16/h5-12,24H,1-4H3,(H,21,22,25). The van der Waals surface area contributed by atoms with Crippen molar-refractivity contribution in [2.45, 2.75) is 42.2 Å². The Labute approximate surface area is 184 Å². The lowest BCUT2D eigenvalue weighted by atomic mass is 10.1. The lowest BCUT2D eigenvalue weighted by Crippen LogP contribution is -2.17. The van der Waals surface area contributed by atoms with Crippen LogP contribution in [0.1, 0.15) is 35.3 Å². The Bertz CT molecular complexity index is 1170. The number of aryl methyl sites for hydroxylation is 2. The highest BCUT2D eigenvalue weighted by molar-refractivity contribution is 8.01. The summed E-state index contributed by atoms with van der Waals surface area (Å²) in [6.07, 6.45) is 0. The van der Waals surface area contributed by atoms with E-state index < -0.39 is 15.9 Å². The van der Waals surface area contributed by atoms with Crippen molar-refractivity contribution in [2.24, 2.45) is 0 Å². The van der Waals surface area contributed by atoms with Gasteiger partial charge in [0.2, 0.25) is 5.13 Å². The van der Waals surface area contributed by atoms with E-state index in [-0.39, 0.29) is 10.5 Å². The van der Waals surface area contributed by atoms with Crippen LogP contribution in [0.25, 0.3) is 0 Å². The lowest BCUT2D eigenvalue weighted by molar-refractivity contribution is 0.102. The number of benzene rings is 2. The number of anilines is 2. The van der Waals surface area contributed by atoms with Crippen LogP contribution in [-0.4, -0.2) is 29.8 Å². The van der Waals surface area contributed by atoms with Crippen molar-refractivity contribution in [1.29, 1.82) is 0 Å². The SMILES string of the molecule is Cc1cccc(NS(=O)(=O)c2cc(C(=O)Nc3nnc(SC(C)C)s3)ccc2C)c1. The number of nitrogens with zero attached hydrogens (tertiary/aromatic N) is 2. The normalized spacial score (nSPS) is 11.5. The van der Waals surface area contributed by atoms with Gasteiger partial charge in [-0.25, -0.2) is 8.42 Å². The summed E-state index contributed by atoms with van der Waals surface area (Å²) < 4.78 is 29.1. The largest absolute Gasteiger partial charge is 0.296 e. The highest BCUT2D eigenvalue weighted by Crippen LogP contribution is 2.29. The smallest absolute Gasteiger partial charge is 0.262 e. The van der Waals surface area contributed by atoms with Crippen molar-refractivity contribution >= 4 is 49.8 Å².